The van der Waals surface area contributed by atoms with Gasteiger partial charge in [-0.2, -0.15) is 0 Å². The van der Waals surface area contributed by atoms with Crippen LogP contribution in [0.3, 0.4) is 0 Å². The topological polar surface area (TPSA) is 257 Å². The van der Waals surface area contributed by atoms with Crippen LogP contribution in [0.2, 0.25) is 0 Å². The van der Waals surface area contributed by atoms with Crippen molar-refractivity contribution in [3.8, 4) is 0 Å². The minimum atomic E-state index is -0.717. The SMILES string of the molecule is CCC(C)(C)C(=O)OC1(C(C)(C)C)CCCC1.CCC(C)(C)C(=O)OC1(C)CCCC12CCCC2.CCC(C)(C)C(=O)OC12CC3CC(CC(O)(C3)C1)C2.CCC(C)(C)C(=O)OC1COC(=O)C1.CCC(C)(C)C(=O)OCC(=O)OC1C2CC3C1OC(=O)C3C2C(=O)OC. The zero-order valence-electron chi connectivity index (χ0n) is 61.4. The average molecular weight is 1330 g/mol. The fraction of sp³-hybridized carbons (Fsp3) is 0.880. The fourth-order valence-electron chi connectivity index (χ4n) is 16.2. The summed E-state index contributed by atoms with van der Waals surface area (Å²) in [5, 5.41) is 10.6. The maximum absolute atomic E-state index is 12.4. The molecule has 11 fully saturated rings. The maximum atomic E-state index is 12.4. The summed E-state index contributed by atoms with van der Waals surface area (Å²) in [5.74, 6) is -3.31. The van der Waals surface area contributed by atoms with E-state index in [2.05, 4.69) is 34.6 Å². The van der Waals surface area contributed by atoms with Gasteiger partial charge in [0.25, 0.3) is 0 Å². The summed E-state index contributed by atoms with van der Waals surface area (Å²) in [6.45, 7) is 37.3. The number of carbonyl (C=O) groups excluding carboxylic acids is 9. The second-order valence-electron chi connectivity index (χ2n) is 34.2. The van der Waals surface area contributed by atoms with Gasteiger partial charge in [-0.1, -0.05) is 68.2 Å². The standard InChI is InChI=1S/C18H24O8.C16H26O3.C16H28O2.C15H28O2.C10H16O4/c1-5-18(2,3)17(22)24-7-10(19)25-13-8-6-9-12(11(8)15(20)23-4)16(21)26-14(9)13;1-4-14(2,3)13(17)19-16-8-11-5-12(9-16)7-15(18,6-11)10-16;1-5-14(2,3)13(17)18-15(4)9-8-12-16(15)10-6-7-11-16;1-7-14(5,6)12(16)17-15(13(2,3)4)10-8-9-11-15;1-4-10(2,3)9(12)14-7-5-8(11)13-6-7/h8-9,11-14H,5-7H2,1-4H3;11-12,18H,4-10H2,1-3H3;5-12H2,1-4H3;7-11H2,1-6H3;7H,4-6H2,1-3H3. The minimum absolute atomic E-state index is 0.000625. The number of rotatable bonds is 18. The third kappa shape index (κ3) is 17.4. The second-order valence-corrected chi connectivity index (χ2v) is 34.2. The van der Waals surface area contributed by atoms with Crippen molar-refractivity contribution in [3.63, 3.8) is 0 Å². The molecule has 9 aliphatic carbocycles. The van der Waals surface area contributed by atoms with Crippen molar-refractivity contribution in [2.24, 2.45) is 73.4 Å². The highest BCUT2D eigenvalue weighted by Crippen LogP contribution is 2.62. The predicted octanol–water partition coefficient (Wildman–Crippen LogP) is 14.0. The molecule has 6 bridgehead atoms. The molecule has 2 aliphatic heterocycles. The third-order valence-corrected chi connectivity index (χ3v) is 24.6. The average Bonchev–Trinajstić information content (AvgIpc) is 1.46. The lowest BCUT2D eigenvalue weighted by atomic mass is 9.52. The van der Waals surface area contributed by atoms with E-state index >= 15 is 0 Å². The number of cyclic esters (lactones) is 1. The molecule has 536 valence electrons. The zero-order chi connectivity index (χ0) is 70.6. The van der Waals surface area contributed by atoms with Gasteiger partial charge in [-0.15, -0.1) is 0 Å². The van der Waals surface area contributed by atoms with E-state index in [1.165, 1.54) is 64.9 Å². The summed E-state index contributed by atoms with van der Waals surface area (Å²) < 4.78 is 48.5. The Kier molecular flexibility index (Phi) is 24.7. The Balaban J connectivity index is 0.000000189. The van der Waals surface area contributed by atoms with E-state index < -0.39 is 76.4 Å². The molecule has 10 atom stereocenters. The van der Waals surface area contributed by atoms with Crippen molar-refractivity contribution >= 4 is 53.7 Å². The second kappa shape index (κ2) is 29.7. The quantitative estimate of drug-likeness (QED) is 0.0988. The third-order valence-electron chi connectivity index (χ3n) is 24.6. The molecule has 0 aromatic carbocycles. The van der Waals surface area contributed by atoms with Crippen LogP contribution >= 0.6 is 0 Å². The minimum Gasteiger partial charge on any atom is -0.469 e. The molecule has 0 aromatic rings. The highest BCUT2D eigenvalue weighted by Gasteiger charge is 2.70. The lowest BCUT2D eigenvalue weighted by molar-refractivity contribution is -0.225. The van der Waals surface area contributed by atoms with Gasteiger partial charge in [0.05, 0.1) is 58.0 Å². The normalized spacial score (nSPS) is 31.4. The highest BCUT2D eigenvalue weighted by atomic mass is 16.6. The lowest BCUT2D eigenvalue weighted by Crippen LogP contribution is -2.61. The van der Waals surface area contributed by atoms with Crippen molar-refractivity contribution in [2.75, 3.05) is 20.3 Å². The van der Waals surface area contributed by atoms with E-state index in [1.54, 1.807) is 13.8 Å². The first-order valence-electron chi connectivity index (χ1n) is 35.9. The van der Waals surface area contributed by atoms with Crippen molar-refractivity contribution in [1.29, 1.82) is 0 Å². The van der Waals surface area contributed by atoms with Crippen LogP contribution in [0.25, 0.3) is 0 Å². The number of carbonyl (C=O) groups is 9. The molecule has 11 rings (SSSR count). The molecular formula is C75H122O19. The van der Waals surface area contributed by atoms with Crippen molar-refractivity contribution in [3.05, 3.63) is 0 Å². The number of fused-ring (bicyclic) bond motifs is 1. The number of esters is 9. The molecule has 19 heteroatoms. The molecule has 0 aromatic heterocycles. The number of aliphatic hydroxyl groups is 1. The van der Waals surface area contributed by atoms with Crippen LogP contribution in [0.5, 0.6) is 0 Å². The van der Waals surface area contributed by atoms with Crippen molar-refractivity contribution in [2.45, 2.75) is 326 Å². The molecule has 2 saturated heterocycles. The van der Waals surface area contributed by atoms with Gasteiger partial charge < -0.3 is 47.7 Å². The van der Waals surface area contributed by atoms with Crippen LogP contribution in [0.4, 0.5) is 0 Å². The lowest BCUT2D eigenvalue weighted by Gasteiger charge is -2.59. The summed E-state index contributed by atoms with van der Waals surface area (Å²) in [6, 6.07) is 0. The van der Waals surface area contributed by atoms with E-state index in [0.29, 0.717) is 42.9 Å². The van der Waals surface area contributed by atoms with Gasteiger partial charge in [-0.3, -0.25) is 38.4 Å². The smallest absolute Gasteiger partial charge is 0.344 e. The van der Waals surface area contributed by atoms with Crippen LogP contribution in [0.1, 0.15) is 286 Å². The zero-order valence-corrected chi connectivity index (χ0v) is 61.4. The van der Waals surface area contributed by atoms with E-state index in [9.17, 15) is 48.3 Å². The van der Waals surface area contributed by atoms with E-state index in [4.69, 9.17) is 42.6 Å². The molecule has 19 nitrogen and oxygen atoms in total. The highest BCUT2D eigenvalue weighted by molar-refractivity contribution is 5.87. The molecule has 0 amide bonds. The van der Waals surface area contributed by atoms with E-state index in [0.717, 1.165) is 64.2 Å². The van der Waals surface area contributed by atoms with Gasteiger partial charge in [0.1, 0.15) is 41.7 Å². The van der Waals surface area contributed by atoms with Crippen molar-refractivity contribution < 1.29 is 90.9 Å². The van der Waals surface area contributed by atoms with Gasteiger partial charge in [0.15, 0.2) is 6.61 Å². The first-order valence-corrected chi connectivity index (χ1v) is 35.9. The number of ether oxygens (including phenoxy) is 9. The Morgan fingerprint density at radius 1 is 0.564 bits per heavy atom. The first kappa shape index (κ1) is 78.2. The molecule has 0 radical (unpaired) electrons. The predicted molar refractivity (Wildman–Crippen MR) is 352 cm³/mol. The Morgan fingerprint density at radius 2 is 1.04 bits per heavy atom. The number of hydrogen-bond acceptors (Lipinski definition) is 19. The fourth-order valence-corrected chi connectivity index (χ4v) is 16.2. The van der Waals surface area contributed by atoms with E-state index in [-0.39, 0.29) is 93.9 Å². The van der Waals surface area contributed by atoms with Gasteiger partial charge >= 0.3 is 53.7 Å². The van der Waals surface area contributed by atoms with Crippen molar-refractivity contribution in [1.82, 2.24) is 0 Å². The van der Waals surface area contributed by atoms with Gasteiger partial charge in [-0.25, -0.2) is 4.79 Å². The van der Waals surface area contributed by atoms with E-state index in [1.807, 2.05) is 83.1 Å². The largest absolute Gasteiger partial charge is 0.469 e. The Bertz CT molecular complexity index is 2700. The van der Waals surface area contributed by atoms with Gasteiger partial charge in [0, 0.05) is 29.1 Å². The summed E-state index contributed by atoms with van der Waals surface area (Å²) in [6.07, 6.45) is 21.6. The van der Waals surface area contributed by atoms with Crippen LogP contribution < -0.4 is 0 Å². The Labute approximate surface area is 562 Å². The number of hydrogen-bond donors (Lipinski definition) is 1. The Morgan fingerprint density at radius 3 is 1.52 bits per heavy atom. The summed E-state index contributed by atoms with van der Waals surface area (Å²) >= 11 is 0. The molecule has 2 heterocycles. The molecule has 9 saturated carbocycles. The summed E-state index contributed by atoms with van der Waals surface area (Å²) in [7, 11) is 1.27. The first-order chi connectivity index (χ1) is 43.4. The van der Waals surface area contributed by atoms with Gasteiger partial charge in [0.2, 0.25) is 0 Å². The summed E-state index contributed by atoms with van der Waals surface area (Å²) in [4.78, 5) is 108. The van der Waals surface area contributed by atoms with Crippen LogP contribution in [-0.4, -0.2) is 120 Å². The molecule has 10 unspecified atom stereocenters. The van der Waals surface area contributed by atoms with Crippen LogP contribution in [0.15, 0.2) is 0 Å². The Hall–Kier alpha value is -4.81. The molecular weight excluding hydrogens is 1200 g/mol. The molecule has 11 aliphatic rings. The van der Waals surface area contributed by atoms with Crippen LogP contribution in [-0.2, 0) is 85.8 Å². The maximum Gasteiger partial charge on any atom is 0.344 e. The summed E-state index contributed by atoms with van der Waals surface area (Å²) in [5.41, 5.74) is -3.30. The van der Waals surface area contributed by atoms with Gasteiger partial charge in [-0.05, 0) is 216 Å². The molecule has 1 N–H and O–H groups in total. The number of methoxy groups -OCH3 is 1. The molecule has 94 heavy (non-hydrogen) atoms. The molecule has 1 spiro atoms. The monoisotopic (exact) mass is 1330 g/mol. The van der Waals surface area contributed by atoms with Crippen LogP contribution in [0, 0.1) is 73.4 Å².